The van der Waals surface area contributed by atoms with Crippen LogP contribution in [-0.2, 0) is 6.54 Å². The van der Waals surface area contributed by atoms with Gasteiger partial charge in [0.1, 0.15) is 5.01 Å². The van der Waals surface area contributed by atoms with E-state index in [1.54, 1.807) is 11.3 Å². The summed E-state index contributed by atoms with van der Waals surface area (Å²) in [5.41, 5.74) is 1.14. The molecule has 1 heterocycles. The number of nitrogens with zero attached hydrogens (tertiary/aromatic N) is 1. The molecule has 0 aromatic carbocycles. The normalized spacial score (nSPS) is 10.8. The van der Waals surface area contributed by atoms with Gasteiger partial charge < -0.3 is 5.32 Å². The zero-order valence-electron chi connectivity index (χ0n) is 9.88. The van der Waals surface area contributed by atoms with Gasteiger partial charge in [-0.25, -0.2) is 4.98 Å². The molecule has 0 saturated heterocycles. The monoisotopic (exact) mass is 226 g/mol. The van der Waals surface area contributed by atoms with Crippen LogP contribution in [0.25, 0.3) is 0 Å². The first-order chi connectivity index (χ1) is 7.33. The van der Waals surface area contributed by atoms with Gasteiger partial charge in [0, 0.05) is 17.6 Å². The molecule has 1 aromatic heterocycles. The van der Waals surface area contributed by atoms with Crippen molar-refractivity contribution in [1.82, 2.24) is 10.3 Å². The first-order valence-corrected chi connectivity index (χ1v) is 6.82. The van der Waals surface area contributed by atoms with Crippen LogP contribution >= 0.6 is 11.3 Å². The van der Waals surface area contributed by atoms with Crippen LogP contribution in [0.3, 0.4) is 0 Å². The molecule has 1 aromatic rings. The van der Waals surface area contributed by atoms with E-state index in [4.69, 9.17) is 0 Å². The second-order valence-electron chi connectivity index (χ2n) is 3.97. The zero-order chi connectivity index (χ0) is 10.9. The molecule has 1 rings (SSSR count). The van der Waals surface area contributed by atoms with Gasteiger partial charge in [0.25, 0.3) is 0 Å². The Morgan fingerprint density at radius 2 is 2.07 bits per heavy atom. The predicted octanol–water partition coefficient (Wildman–Crippen LogP) is 3.51. The molecule has 0 unspecified atom stereocenters. The predicted molar refractivity (Wildman–Crippen MR) is 67.3 cm³/mol. The minimum atomic E-state index is 0.937. The molecule has 1 N–H and O–H groups in total. The van der Waals surface area contributed by atoms with Gasteiger partial charge in [-0.1, -0.05) is 32.6 Å². The fraction of sp³-hybridized carbons (Fsp3) is 0.750. The van der Waals surface area contributed by atoms with E-state index in [1.165, 1.54) is 37.1 Å². The molecular formula is C12H22N2S. The summed E-state index contributed by atoms with van der Waals surface area (Å²) in [5.74, 6) is 0. The van der Waals surface area contributed by atoms with E-state index in [0.29, 0.717) is 0 Å². The van der Waals surface area contributed by atoms with Crippen molar-refractivity contribution < 1.29 is 0 Å². The standard InChI is InChI=1S/C12H22N2S/c1-3-4-5-6-7-8-13-9-12-14-11(2)10-15-12/h10,13H,3-9H2,1-2H3. The Kier molecular flexibility index (Phi) is 6.60. The van der Waals surface area contributed by atoms with E-state index < -0.39 is 0 Å². The lowest BCUT2D eigenvalue weighted by Gasteiger charge is -2.02. The van der Waals surface area contributed by atoms with Crippen molar-refractivity contribution in [3.8, 4) is 0 Å². The summed E-state index contributed by atoms with van der Waals surface area (Å²) in [4.78, 5) is 4.41. The highest BCUT2D eigenvalue weighted by Crippen LogP contribution is 2.08. The third-order valence-corrected chi connectivity index (χ3v) is 3.37. The lowest BCUT2D eigenvalue weighted by molar-refractivity contribution is 0.582. The van der Waals surface area contributed by atoms with Gasteiger partial charge in [-0.05, 0) is 19.9 Å². The summed E-state index contributed by atoms with van der Waals surface area (Å²) < 4.78 is 0. The van der Waals surface area contributed by atoms with Crippen molar-refractivity contribution in [2.24, 2.45) is 0 Å². The highest BCUT2D eigenvalue weighted by atomic mass is 32.1. The third-order valence-electron chi connectivity index (χ3n) is 2.40. The van der Waals surface area contributed by atoms with Crippen molar-refractivity contribution in [3.05, 3.63) is 16.1 Å². The van der Waals surface area contributed by atoms with Crippen molar-refractivity contribution in [3.63, 3.8) is 0 Å². The van der Waals surface area contributed by atoms with E-state index in [-0.39, 0.29) is 0 Å². The third kappa shape index (κ3) is 5.90. The molecule has 0 aliphatic carbocycles. The Morgan fingerprint density at radius 3 is 2.73 bits per heavy atom. The van der Waals surface area contributed by atoms with E-state index in [9.17, 15) is 0 Å². The maximum Gasteiger partial charge on any atom is 0.107 e. The van der Waals surface area contributed by atoms with Gasteiger partial charge in [-0.2, -0.15) is 0 Å². The Hall–Kier alpha value is -0.410. The smallest absolute Gasteiger partial charge is 0.107 e. The van der Waals surface area contributed by atoms with Crippen LogP contribution in [0.4, 0.5) is 0 Å². The van der Waals surface area contributed by atoms with Gasteiger partial charge >= 0.3 is 0 Å². The van der Waals surface area contributed by atoms with Crippen LogP contribution in [0.1, 0.15) is 49.7 Å². The van der Waals surface area contributed by atoms with Crippen LogP contribution in [0, 0.1) is 6.92 Å². The molecule has 2 nitrogen and oxygen atoms in total. The number of aryl methyl sites for hydroxylation is 1. The molecule has 0 fully saturated rings. The first-order valence-electron chi connectivity index (χ1n) is 5.94. The van der Waals surface area contributed by atoms with Crippen LogP contribution in [0.2, 0.25) is 0 Å². The van der Waals surface area contributed by atoms with Gasteiger partial charge in [-0.3, -0.25) is 0 Å². The van der Waals surface area contributed by atoms with Gasteiger partial charge in [0.05, 0.1) is 0 Å². The van der Waals surface area contributed by atoms with E-state index >= 15 is 0 Å². The number of unbranched alkanes of at least 4 members (excludes halogenated alkanes) is 4. The minimum Gasteiger partial charge on any atom is -0.310 e. The molecule has 0 atom stereocenters. The zero-order valence-corrected chi connectivity index (χ0v) is 10.7. The molecule has 0 amide bonds. The molecule has 0 bridgehead atoms. The van der Waals surface area contributed by atoms with Crippen molar-refractivity contribution >= 4 is 11.3 Å². The van der Waals surface area contributed by atoms with Crippen molar-refractivity contribution in [2.75, 3.05) is 6.54 Å². The lowest BCUT2D eigenvalue weighted by atomic mass is 10.1. The molecule has 0 spiro atoms. The van der Waals surface area contributed by atoms with Crippen LogP contribution in [0.15, 0.2) is 5.38 Å². The Labute approximate surface area is 97.1 Å². The maximum atomic E-state index is 4.41. The highest BCUT2D eigenvalue weighted by molar-refractivity contribution is 7.09. The fourth-order valence-electron chi connectivity index (χ4n) is 1.53. The number of thiazole rings is 1. The molecule has 3 heteroatoms. The summed E-state index contributed by atoms with van der Waals surface area (Å²) >= 11 is 1.75. The number of nitrogens with one attached hydrogen (secondary N) is 1. The fourth-order valence-corrected chi connectivity index (χ4v) is 2.27. The minimum absolute atomic E-state index is 0.937. The van der Waals surface area contributed by atoms with Gasteiger partial charge in [0.15, 0.2) is 0 Å². The number of rotatable bonds is 8. The molecule has 0 aliphatic rings. The summed E-state index contributed by atoms with van der Waals surface area (Å²) in [6.07, 6.45) is 6.74. The van der Waals surface area contributed by atoms with Crippen LogP contribution in [-0.4, -0.2) is 11.5 Å². The topological polar surface area (TPSA) is 24.9 Å². The van der Waals surface area contributed by atoms with Crippen molar-refractivity contribution in [2.45, 2.75) is 52.5 Å². The van der Waals surface area contributed by atoms with Crippen LogP contribution in [0.5, 0.6) is 0 Å². The van der Waals surface area contributed by atoms with Gasteiger partial charge in [-0.15, -0.1) is 11.3 Å². The van der Waals surface area contributed by atoms with Crippen molar-refractivity contribution in [1.29, 1.82) is 0 Å². The first kappa shape index (κ1) is 12.7. The van der Waals surface area contributed by atoms with Crippen LogP contribution < -0.4 is 5.32 Å². The summed E-state index contributed by atoms with van der Waals surface area (Å²) in [6.45, 7) is 6.36. The number of hydrogen-bond acceptors (Lipinski definition) is 3. The number of aromatic nitrogens is 1. The molecule has 86 valence electrons. The molecule has 0 saturated carbocycles. The average molecular weight is 226 g/mol. The maximum absolute atomic E-state index is 4.41. The molecule has 0 radical (unpaired) electrons. The number of hydrogen-bond donors (Lipinski definition) is 1. The Morgan fingerprint density at radius 1 is 1.27 bits per heavy atom. The quantitative estimate of drug-likeness (QED) is 0.686. The van der Waals surface area contributed by atoms with E-state index in [2.05, 4.69) is 22.6 Å². The Bertz CT molecular complexity index is 258. The second-order valence-corrected chi connectivity index (χ2v) is 4.92. The SMILES string of the molecule is CCCCCCCNCc1nc(C)cs1. The lowest BCUT2D eigenvalue weighted by Crippen LogP contribution is -2.14. The molecule has 15 heavy (non-hydrogen) atoms. The summed E-state index contributed by atoms with van der Waals surface area (Å²) in [5, 5.41) is 6.76. The summed E-state index contributed by atoms with van der Waals surface area (Å²) in [6, 6.07) is 0. The van der Waals surface area contributed by atoms with E-state index in [1.807, 2.05) is 6.92 Å². The Balaban J connectivity index is 1.93. The molecular weight excluding hydrogens is 204 g/mol. The summed E-state index contributed by atoms with van der Waals surface area (Å²) in [7, 11) is 0. The van der Waals surface area contributed by atoms with E-state index in [0.717, 1.165) is 18.8 Å². The second kappa shape index (κ2) is 7.83. The average Bonchev–Trinajstić information content (AvgIpc) is 2.63. The molecule has 0 aliphatic heterocycles. The largest absolute Gasteiger partial charge is 0.310 e. The van der Waals surface area contributed by atoms with Gasteiger partial charge in [0.2, 0.25) is 0 Å². The highest BCUT2D eigenvalue weighted by Gasteiger charge is 1.97.